The maximum atomic E-state index is 12.6. The molecule has 7 nitrogen and oxygen atoms in total. The molecule has 2 aromatic rings. The van der Waals surface area contributed by atoms with E-state index in [1.165, 1.54) is 12.1 Å². The molecule has 0 spiro atoms. The zero-order valence-corrected chi connectivity index (χ0v) is 14.7. The van der Waals surface area contributed by atoms with Gasteiger partial charge in [-0.05, 0) is 19.1 Å². The van der Waals surface area contributed by atoms with E-state index >= 15 is 0 Å². The first kappa shape index (κ1) is 19.2. The Morgan fingerprint density at radius 1 is 1.24 bits per heavy atom. The molecule has 1 amide bonds. The van der Waals surface area contributed by atoms with Crippen LogP contribution in [0.15, 0.2) is 34.3 Å². The fraction of sp³-hybridized carbons (Fsp3) is 0.308. The molecule has 0 bridgehead atoms. The quantitative estimate of drug-likeness (QED) is 0.777. The van der Waals surface area contributed by atoms with Crippen molar-refractivity contribution in [3.05, 3.63) is 35.7 Å². The van der Waals surface area contributed by atoms with Crippen LogP contribution in [0.3, 0.4) is 0 Å². The number of sulfonamides is 1. The minimum atomic E-state index is -4.67. The zero-order valence-electron chi connectivity index (χ0n) is 13.0. The van der Waals surface area contributed by atoms with Gasteiger partial charge in [-0.1, -0.05) is 29.5 Å². The van der Waals surface area contributed by atoms with Gasteiger partial charge in [-0.3, -0.25) is 4.79 Å². The number of rotatable bonds is 5. The Kier molecular flexibility index (Phi) is 5.42. The number of aromatic nitrogens is 3. The van der Waals surface area contributed by atoms with Gasteiger partial charge in [0.15, 0.2) is 5.16 Å². The van der Waals surface area contributed by atoms with E-state index in [1.54, 1.807) is 19.1 Å². The highest BCUT2D eigenvalue weighted by Crippen LogP contribution is 2.29. The second kappa shape index (κ2) is 7.04. The van der Waals surface area contributed by atoms with Gasteiger partial charge in [-0.2, -0.15) is 13.2 Å². The average molecular weight is 394 g/mol. The third-order valence-corrected chi connectivity index (χ3v) is 5.41. The minimum absolute atomic E-state index is 0.0885. The summed E-state index contributed by atoms with van der Waals surface area (Å²) in [6.07, 6.45) is -4.67. The third-order valence-electron chi connectivity index (χ3n) is 3.00. The summed E-state index contributed by atoms with van der Waals surface area (Å²) in [6.45, 7) is 1.78. The standard InChI is InChI=1S/C13H13F3N4O3S2/c1-8-3-5-9(6-4-8)25(22,23)19-10(21)7-24-12-18-17-11(20(12)2)13(14,15)16/h3-6H,7H2,1-2H3,(H,19,21). The van der Waals surface area contributed by atoms with E-state index in [-0.39, 0.29) is 10.1 Å². The summed E-state index contributed by atoms with van der Waals surface area (Å²) < 4.78 is 64.5. The van der Waals surface area contributed by atoms with E-state index in [0.717, 1.165) is 12.6 Å². The number of nitrogens with zero attached hydrogens (tertiary/aromatic N) is 3. The normalized spacial score (nSPS) is 12.2. The van der Waals surface area contributed by atoms with Crippen LogP contribution in [0.1, 0.15) is 11.4 Å². The average Bonchev–Trinajstić information content (AvgIpc) is 2.86. The van der Waals surface area contributed by atoms with E-state index in [1.807, 2.05) is 4.72 Å². The first-order chi connectivity index (χ1) is 11.5. The number of carbonyl (C=O) groups excluding carboxylic acids is 1. The highest BCUT2D eigenvalue weighted by molar-refractivity contribution is 8.00. The molecule has 12 heteroatoms. The number of carbonyl (C=O) groups is 1. The summed E-state index contributed by atoms with van der Waals surface area (Å²) in [5, 5.41) is 6.20. The Morgan fingerprint density at radius 2 is 1.84 bits per heavy atom. The highest BCUT2D eigenvalue weighted by atomic mass is 32.2. The molecule has 0 atom stereocenters. The van der Waals surface area contributed by atoms with Gasteiger partial charge >= 0.3 is 6.18 Å². The first-order valence-electron chi connectivity index (χ1n) is 6.72. The summed E-state index contributed by atoms with van der Waals surface area (Å²) in [5.74, 6) is -2.53. The van der Waals surface area contributed by atoms with Gasteiger partial charge in [0.1, 0.15) is 0 Å². The second-order valence-electron chi connectivity index (χ2n) is 4.99. The van der Waals surface area contributed by atoms with Gasteiger partial charge in [0.2, 0.25) is 11.7 Å². The van der Waals surface area contributed by atoms with Crippen molar-refractivity contribution < 1.29 is 26.4 Å². The summed E-state index contributed by atoms with van der Waals surface area (Å²) in [6, 6.07) is 5.84. The summed E-state index contributed by atoms with van der Waals surface area (Å²) in [4.78, 5) is 11.7. The topological polar surface area (TPSA) is 93.9 Å². The number of aryl methyl sites for hydroxylation is 1. The van der Waals surface area contributed by atoms with Crippen molar-refractivity contribution in [1.29, 1.82) is 0 Å². The molecule has 0 aliphatic carbocycles. The van der Waals surface area contributed by atoms with Gasteiger partial charge in [-0.15, -0.1) is 10.2 Å². The number of nitrogens with one attached hydrogen (secondary N) is 1. The lowest BCUT2D eigenvalue weighted by molar-refractivity contribution is -0.147. The Hall–Kier alpha value is -2.08. The molecule has 0 fully saturated rings. The van der Waals surface area contributed by atoms with Crippen LogP contribution in [0.2, 0.25) is 0 Å². The molecule has 0 saturated heterocycles. The summed E-state index contributed by atoms with van der Waals surface area (Å²) >= 11 is 0.643. The van der Waals surface area contributed by atoms with Crippen molar-refractivity contribution >= 4 is 27.7 Å². The largest absolute Gasteiger partial charge is 0.451 e. The molecule has 0 saturated carbocycles. The number of amides is 1. The Bertz CT molecular complexity index is 877. The van der Waals surface area contributed by atoms with Crippen molar-refractivity contribution in [2.45, 2.75) is 23.2 Å². The zero-order chi connectivity index (χ0) is 18.8. The predicted molar refractivity (Wildman–Crippen MR) is 83.2 cm³/mol. The fourth-order valence-electron chi connectivity index (χ4n) is 1.77. The van der Waals surface area contributed by atoms with Gasteiger partial charge < -0.3 is 4.57 Å². The molecule has 0 radical (unpaired) electrons. The van der Waals surface area contributed by atoms with Crippen molar-refractivity contribution in [2.75, 3.05) is 5.75 Å². The lowest BCUT2D eigenvalue weighted by atomic mass is 10.2. The minimum Gasteiger partial charge on any atom is -0.302 e. The van der Waals surface area contributed by atoms with E-state index in [4.69, 9.17) is 0 Å². The van der Waals surface area contributed by atoms with Gasteiger partial charge in [0.25, 0.3) is 10.0 Å². The lowest BCUT2D eigenvalue weighted by Gasteiger charge is -2.08. The lowest BCUT2D eigenvalue weighted by Crippen LogP contribution is -2.32. The molecule has 2 rings (SSSR count). The molecular weight excluding hydrogens is 381 g/mol. The Labute approximate surface area is 145 Å². The molecule has 0 aliphatic heterocycles. The molecule has 1 N–H and O–H groups in total. The number of hydrogen-bond donors (Lipinski definition) is 1. The number of alkyl halides is 3. The van der Waals surface area contributed by atoms with E-state index in [0.29, 0.717) is 16.3 Å². The summed E-state index contributed by atoms with van der Waals surface area (Å²) in [5.41, 5.74) is 0.851. The van der Waals surface area contributed by atoms with Crippen molar-refractivity contribution in [3.8, 4) is 0 Å². The van der Waals surface area contributed by atoms with Gasteiger partial charge in [0.05, 0.1) is 10.6 Å². The molecular formula is C13H13F3N4O3S2. The molecule has 1 heterocycles. The third kappa shape index (κ3) is 4.72. The molecule has 1 aromatic heterocycles. The van der Waals surface area contributed by atoms with Crippen LogP contribution in [0.4, 0.5) is 13.2 Å². The van der Waals surface area contributed by atoms with Crippen molar-refractivity contribution in [3.63, 3.8) is 0 Å². The molecule has 136 valence electrons. The Balaban J connectivity index is 2.02. The first-order valence-corrected chi connectivity index (χ1v) is 9.19. The monoisotopic (exact) mass is 394 g/mol. The maximum Gasteiger partial charge on any atom is 0.451 e. The van der Waals surface area contributed by atoms with Gasteiger partial charge in [-0.25, -0.2) is 13.1 Å². The fourth-order valence-corrected chi connectivity index (χ4v) is 3.56. The number of benzene rings is 1. The second-order valence-corrected chi connectivity index (χ2v) is 7.62. The molecule has 0 aliphatic rings. The summed E-state index contributed by atoms with van der Waals surface area (Å²) in [7, 11) is -2.94. The van der Waals surface area contributed by atoms with Gasteiger partial charge in [0, 0.05) is 7.05 Å². The molecule has 25 heavy (non-hydrogen) atoms. The van der Waals surface area contributed by atoms with E-state index in [9.17, 15) is 26.4 Å². The van der Waals surface area contributed by atoms with Crippen LogP contribution < -0.4 is 4.72 Å². The number of thioether (sulfide) groups is 1. The van der Waals surface area contributed by atoms with E-state index in [2.05, 4.69) is 10.2 Å². The number of hydrogen-bond acceptors (Lipinski definition) is 6. The predicted octanol–water partition coefficient (Wildman–Crippen LogP) is 1.74. The van der Waals surface area contributed by atoms with Crippen LogP contribution >= 0.6 is 11.8 Å². The van der Waals surface area contributed by atoms with Crippen LogP contribution in [0, 0.1) is 6.92 Å². The molecule has 0 unspecified atom stereocenters. The van der Waals surface area contributed by atoms with Crippen LogP contribution in [0.25, 0.3) is 0 Å². The van der Waals surface area contributed by atoms with Crippen molar-refractivity contribution in [1.82, 2.24) is 19.5 Å². The molecule has 1 aromatic carbocycles. The number of halogens is 3. The SMILES string of the molecule is Cc1ccc(S(=O)(=O)NC(=O)CSc2nnc(C(F)(F)F)n2C)cc1. The van der Waals surface area contributed by atoms with Crippen LogP contribution in [-0.4, -0.2) is 34.8 Å². The van der Waals surface area contributed by atoms with E-state index < -0.39 is 33.7 Å². The van der Waals surface area contributed by atoms with Crippen LogP contribution in [0.5, 0.6) is 0 Å². The Morgan fingerprint density at radius 3 is 2.36 bits per heavy atom. The van der Waals surface area contributed by atoms with Crippen LogP contribution in [-0.2, 0) is 28.0 Å². The smallest absolute Gasteiger partial charge is 0.302 e. The highest BCUT2D eigenvalue weighted by Gasteiger charge is 2.37. The maximum absolute atomic E-state index is 12.6. The van der Waals surface area contributed by atoms with Crippen molar-refractivity contribution in [2.24, 2.45) is 7.05 Å².